The van der Waals surface area contributed by atoms with E-state index in [1.54, 1.807) is 0 Å². The van der Waals surface area contributed by atoms with Crippen molar-refractivity contribution >= 4 is 17.4 Å². The second kappa shape index (κ2) is 8.79. The largest absolute Gasteiger partial charge is 0.187 e. The summed E-state index contributed by atoms with van der Waals surface area (Å²) in [7, 11) is 0. The molecule has 0 spiro atoms. The predicted molar refractivity (Wildman–Crippen MR) is 86.9 cm³/mol. The summed E-state index contributed by atoms with van der Waals surface area (Å²) in [4.78, 5) is 0. The van der Waals surface area contributed by atoms with E-state index in [4.69, 9.17) is 0 Å². The second-order valence-corrected chi connectivity index (χ2v) is 6.04. The zero-order valence-corrected chi connectivity index (χ0v) is 11.8. The lowest BCUT2D eigenvalue weighted by Crippen LogP contribution is -2.15. The highest BCUT2D eigenvalue weighted by Crippen LogP contribution is 2.33. The zero-order valence-electron chi connectivity index (χ0n) is 11.8. The maximum atomic E-state index is 4.41. The van der Waals surface area contributed by atoms with Crippen molar-refractivity contribution in [3.63, 3.8) is 0 Å². The summed E-state index contributed by atoms with van der Waals surface area (Å²) in [5, 5.41) is 0. The Bertz CT molecular complexity index is 293. The van der Waals surface area contributed by atoms with Crippen molar-refractivity contribution in [1.29, 1.82) is 0 Å². The Kier molecular flexibility index (Phi) is 8.66. The van der Waals surface area contributed by atoms with Crippen LogP contribution < -0.4 is 0 Å². The number of hydrogen-bond donors (Lipinski definition) is 0. The molecule has 101 valence electrons. The van der Waals surface area contributed by atoms with E-state index in [-0.39, 0.29) is 17.4 Å². The van der Waals surface area contributed by atoms with Crippen LogP contribution in [0.5, 0.6) is 0 Å². The Morgan fingerprint density at radius 2 is 1.33 bits per heavy atom. The van der Waals surface area contributed by atoms with Crippen LogP contribution >= 0.6 is 0 Å². The van der Waals surface area contributed by atoms with E-state index < -0.39 is 0 Å². The van der Waals surface area contributed by atoms with Crippen molar-refractivity contribution in [3.8, 4) is 0 Å². The van der Waals surface area contributed by atoms with Gasteiger partial charge in [-0.25, -0.2) is 0 Å². The van der Waals surface area contributed by atoms with Crippen molar-refractivity contribution in [3.05, 3.63) is 42.8 Å². The summed E-state index contributed by atoms with van der Waals surface area (Å²) < 4.78 is 0. The fraction of sp³-hybridized carbons (Fsp3) is 0.588. The summed E-state index contributed by atoms with van der Waals surface area (Å²) in [6, 6.07) is 10.7. The van der Waals surface area contributed by atoms with Crippen LogP contribution in [0.15, 0.2) is 30.3 Å². The molecular formula is C17H30Al. The average molecular weight is 261 g/mol. The number of rotatable bonds is 6. The molecule has 0 bridgehead atoms. The smallest absolute Gasteiger partial charge is 0.0628 e. The molecule has 0 aromatic heterocycles. The van der Waals surface area contributed by atoms with Crippen molar-refractivity contribution in [1.82, 2.24) is 0 Å². The zero-order chi connectivity index (χ0) is 12.8. The van der Waals surface area contributed by atoms with Crippen LogP contribution in [-0.2, 0) is 0 Å². The van der Waals surface area contributed by atoms with Gasteiger partial charge in [-0.15, -0.1) is 0 Å². The molecule has 0 aliphatic heterocycles. The third-order valence-corrected chi connectivity index (χ3v) is 3.35. The number of benzene rings is 1. The summed E-state index contributed by atoms with van der Waals surface area (Å²) in [5.74, 6) is 2.65. The first-order valence-electron chi connectivity index (χ1n) is 6.88. The minimum atomic E-state index is 0. The molecule has 0 saturated heterocycles. The van der Waals surface area contributed by atoms with E-state index >= 15 is 0 Å². The average Bonchev–Trinajstić information content (AvgIpc) is 2.27. The molecule has 0 fully saturated rings. The second-order valence-electron chi connectivity index (χ2n) is 6.04. The standard InChI is InChI=1S/C17H27.Al.3H/c1-13(2)11-17(12-14(3)4)15(5)16-9-7-6-8-10-16;;;;/h6-10,13-15,17H,5,11-12H2,1-4H3;;;;. The summed E-state index contributed by atoms with van der Waals surface area (Å²) in [6.45, 7) is 13.7. The van der Waals surface area contributed by atoms with Crippen LogP contribution in [0.4, 0.5) is 0 Å². The van der Waals surface area contributed by atoms with E-state index in [0.717, 1.165) is 11.8 Å². The highest BCUT2D eigenvalue weighted by atomic mass is 27.0. The first-order chi connectivity index (χ1) is 8.00. The molecule has 1 radical (unpaired) electrons. The molecule has 1 rings (SSSR count). The summed E-state index contributed by atoms with van der Waals surface area (Å²) in [6.07, 6.45) is 2.56. The monoisotopic (exact) mass is 261 g/mol. The molecule has 0 amide bonds. The topological polar surface area (TPSA) is 0 Å². The molecule has 1 heteroatoms. The molecule has 0 N–H and O–H groups in total. The van der Waals surface area contributed by atoms with Gasteiger partial charge in [-0.3, -0.25) is 0 Å². The highest BCUT2D eigenvalue weighted by Gasteiger charge is 2.21. The third-order valence-electron chi connectivity index (χ3n) is 3.35. The molecule has 0 aliphatic carbocycles. The van der Waals surface area contributed by atoms with Crippen LogP contribution in [0.3, 0.4) is 0 Å². The van der Waals surface area contributed by atoms with Crippen molar-refractivity contribution < 1.29 is 0 Å². The molecule has 0 saturated carbocycles. The van der Waals surface area contributed by atoms with E-state index in [1.165, 1.54) is 18.4 Å². The van der Waals surface area contributed by atoms with Crippen molar-refractivity contribution in [2.24, 2.45) is 17.8 Å². The quantitative estimate of drug-likeness (QED) is 0.675. The fourth-order valence-electron chi connectivity index (χ4n) is 2.61. The van der Waals surface area contributed by atoms with Gasteiger partial charge in [0.05, 0.1) is 0 Å². The third kappa shape index (κ3) is 6.08. The van der Waals surface area contributed by atoms with Gasteiger partial charge >= 0.3 is 0 Å². The Balaban J connectivity index is 0.00000289. The first kappa shape index (κ1) is 17.8. The van der Waals surface area contributed by atoms with Gasteiger partial charge in [0.2, 0.25) is 0 Å². The lowest BCUT2D eigenvalue weighted by molar-refractivity contribution is 0.317. The SMILES string of the molecule is [AlH3].[CH2]C(c1ccccc1)C(CC(C)C)CC(C)C. The molecule has 1 aromatic carbocycles. The van der Waals surface area contributed by atoms with Crippen LogP contribution in [0.2, 0.25) is 0 Å². The van der Waals surface area contributed by atoms with Crippen LogP contribution in [-0.4, -0.2) is 17.4 Å². The van der Waals surface area contributed by atoms with Gasteiger partial charge in [-0.2, -0.15) is 0 Å². The minimum absolute atomic E-state index is 0. The molecule has 1 unspecified atom stereocenters. The summed E-state index contributed by atoms with van der Waals surface area (Å²) >= 11 is 0. The van der Waals surface area contributed by atoms with Gasteiger partial charge in [-0.1, -0.05) is 58.0 Å². The predicted octanol–water partition coefficient (Wildman–Crippen LogP) is 4.13. The first-order valence-corrected chi connectivity index (χ1v) is 6.88. The van der Waals surface area contributed by atoms with Crippen LogP contribution in [0.1, 0.15) is 52.0 Å². The van der Waals surface area contributed by atoms with Crippen LogP contribution in [0, 0.1) is 24.7 Å². The van der Waals surface area contributed by atoms with E-state index in [1.807, 2.05) is 0 Å². The summed E-state index contributed by atoms with van der Waals surface area (Å²) in [5.41, 5.74) is 1.39. The minimum Gasteiger partial charge on any atom is -0.0628 e. The van der Waals surface area contributed by atoms with E-state index in [2.05, 4.69) is 65.0 Å². The Morgan fingerprint density at radius 1 is 0.889 bits per heavy atom. The maximum absolute atomic E-state index is 4.41. The molecule has 0 aliphatic rings. The Hall–Kier alpha value is -0.248. The van der Waals surface area contributed by atoms with Gasteiger partial charge in [0.1, 0.15) is 0 Å². The van der Waals surface area contributed by atoms with E-state index in [0.29, 0.717) is 11.8 Å². The fourth-order valence-corrected chi connectivity index (χ4v) is 2.61. The van der Waals surface area contributed by atoms with Gasteiger partial charge < -0.3 is 0 Å². The Labute approximate surface area is 124 Å². The normalized spacial score (nSPS) is 12.9. The maximum Gasteiger partial charge on any atom is 0.187 e. The van der Waals surface area contributed by atoms with Crippen molar-refractivity contribution in [2.75, 3.05) is 0 Å². The lowest BCUT2D eigenvalue weighted by atomic mass is 9.78. The van der Waals surface area contributed by atoms with E-state index in [9.17, 15) is 0 Å². The number of hydrogen-bond acceptors (Lipinski definition) is 0. The molecule has 0 nitrogen and oxygen atoms in total. The van der Waals surface area contributed by atoms with Crippen molar-refractivity contribution in [2.45, 2.75) is 46.5 Å². The lowest BCUT2D eigenvalue weighted by Gasteiger charge is -2.27. The van der Waals surface area contributed by atoms with Crippen LogP contribution in [0.25, 0.3) is 0 Å². The van der Waals surface area contributed by atoms with Gasteiger partial charge in [0, 0.05) is 0 Å². The molecule has 18 heavy (non-hydrogen) atoms. The van der Waals surface area contributed by atoms with Gasteiger partial charge in [0.15, 0.2) is 17.4 Å². The van der Waals surface area contributed by atoms with Gasteiger partial charge in [-0.05, 0) is 49.0 Å². The molecular weight excluding hydrogens is 231 g/mol. The highest BCUT2D eigenvalue weighted by molar-refractivity contribution is 5.75. The van der Waals surface area contributed by atoms with Gasteiger partial charge in [0.25, 0.3) is 0 Å². The molecule has 1 aromatic rings. The Morgan fingerprint density at radius 3 is 1.72 bits per heavy atom. The molecule has 0 heterocycles. The molecule has 1 atom stereocenters.